The summed E-state index contributed by atoms with van der Waals surface area (Å²) in [6.45, 7) is 3.57. The zero-order chi connectivity index (χ0) is 20.1. The van der Waals surface area contributed by atoms with Crippen LogP contribution in [-0.2, 0) is 11.3 Å². The van der Waals surface area contributed by atoms with E-state index in [1.165, 1.54) is 6.92 Å². The second-order valence-corrected chi connectivity index (χ2v) is 6.93. The minimum atomic E-state index is -0.0137. The Bertz CT molecular complexity index is 1120. The molecular weight excluding hydrogens is 362 g/mol. The van der Waals surface area contributed by atoms with Crippen molar-refractivity contribution in [2.75, 3.05) is 13.1 Å². The molecule has 0 aliphatic heterocycles. The molecule has 0 fully saturated rings. The van der Waals surface area contributed by atoms with Gasteiger partial charge in [-0.25, -0.2) is 4.98 Å². The van der Waals surface area contributed by atoms with Crippen molar-refractivity contribution in [3.05, 3.63) is 78.4 Å². The van der Waals surface area contributed by atoms with Crippen molar-refractivity contribution in [2.24, 2.45) is 0 Å². The van der Waals surface area contributed by atoms with E-state index in [4.69, 9.17) is 4.42 Å². The number of rotatable bonds is 7. The van der Waals surface area contributed by atoms with Crippen LogP contribution in [-0.4, -0.2) is 24.0 Å². The van der Waals surface area contributed by atoms with Gasteiger partial charge in [-0.3, -0.25) is 4.79 Å². The van der Waals surface area contributed by atoms with E-state index in [9.17, 15) is 4.79 Å². The Morgan fingerprint density at radius 1 is 0.897 bits per heavy atom. The largest absolute Gasteiger partial charge is 0.436 e. The van der Waals surface area contributed by atoms with E-state index in [1.54, 1.807) is 0 Å². The highest BCUT2D eigenvalue weighted by Gasteiger charge is 2.10. The van der Waals surface area contributed by atoms with Crippen molar-refractivity contribution in [3.63, 3.8) is 0 Å². The summed E-state index contributed by atoms with van der Waals surface area (Å²) in [4.78, 5) is 15.6. The number of fused-ring (bicyclic) bond motifs is 1. The first-order valence-corrected chi connectivity index (χ1v) is 9.69. The van der Waals surface area contributed by atoms with E-state index in [-0.39, 0.29) is 5.91 Å². The molecule has 4 aromatic rings. The second kappa shape index (κ2) is 8.71. The average Bonchev–Trinajstić information content (AvgIpc) is 3.18. The first kappa shape index (κ1) is 18.9. The lowest BCUT2D eigenvalue weighted by Crippen LogP contribution is -2.29. The summed E-state index contributed by atoms with van der Waals surface area (Å²) in [5.41, 5.74) is 5.97. The van der Waals surface area contributed by atoms with Crippen LogP contribution < -0.4 is 10.6 Å². The monoisotopic (exact) mass is 385 g/mol. The maximum atomic E-state index is 10.9. The number of aromatic nitrogens is 1. The predicted octanol–water partition coefficient (Wildman–Crippen LogP) is 4.39. The Balaban J connectivity index is 1.50. The summed E-state index contributed by atoms with van der Waals surface area (Å²) in [5, 5.41) is 6.10. The Labute approximate surface area is 169 Å². The number of nitrogens with zero attached hydrogens (tertiary/aromatic N) is 1. The van der Waals surface area contributed by atoms with Gasteiger partial charge in [-0.15, -0.1) is 0 Å². The second-order valence-electron chi connectivity index (χ2n) is 6.93. The molecule has 1 heterocycles. The fourth-order valence-electron chi connectivity index (χ4n) is 3.23. The van der Waals surface area contributed by atoms with Gasteiger partial charge in [-0.1, -0.05) is 48.5 Å². The van der Waals surface area contributed by atoms with Gasteiger partial charge in [0.2, 0.25) is 11.8 Å². The number of hydrogen-bond donors (Lipinski definition) is 2. The van der Waals surface area contributed by atoms with Crippen LogP contribution in [0.1, 0.15) is 12.5 Å². The highest BCUT2D eigenvalue weighted by atomic mass is 16.3. The quantitative estimate of drug-likeness (QED) is 0.463. The van der Waals surface area contributed by atoms with Crippen molar-refractivity contribution < 1.29 is 9.21 Å². The average molecular weight is 385 g/mol. The van der Waals surface area contributed by atoms with Crippen LogP contribution >= 0.6 is 0 Å². The highest BCUT2D eigenvalue weighted by molar-refractivity contribution is 5.82. The van der Waals surface area contributed by atoms with Gasteiger partial charge in [0.1, 0.15) is 5.52 Å². The Hall–Kier alpha value is -3.44. The number of carbonyl (C=O) groups excluding carboxylic acids is 1. The fraction of sp³-hybridized carbons (Fsp3) is 0.167. The Kier molecular flexibility index (Phi) is 5.68. The summed E-state index contributed by atoms with van der Waals surface area (Å²) in [5.74, 6) is 0.602. The molecule has 5 nitrogen and oxygen atoms in total. The molecule has 0 saturated carbocycles. The van der Waals surface area contributed by atoms with E-state index in [2.05, 4.69) is 45.9 Å². The maximum absolute atomic E-state index is 10.9. The number of amides is 1. The molecular formula is C24H23N3O2. The third-order valence-electron chi connectivity index (χ3n) is 4.67. The molecule has 4 rings (SSSR count). The minimum Gasteiger partial charge on any atom is -0.436 e. The van der Waals surface area contributed by atoms with Gasteiger partial charge in [0.25, 0.3) is 0 Å². The molecule has 0 aliphatic carbocycles. The summed E-state index contributed by atoms with van der Waals surface area (Å²) >= 11 is 0. The lowest BCUT2D eigenvalue weighted by Gasteiger charge is -2.06. The van der Waals surface area contributed by atoms with Crippen molar-refractivity contribution in [1.82, 2.24) is 15.6 Å². The van der Waals surface area contributed by atoms with Gasteiger partial charge in [-0.05, 0) is 41.0 Å². The van der Waals surface area contributed by atoms with Gasteiger partial charge in [0.15, 0.2) is 5.58 Å². The lowest BCUT2D eigenvalue weighted by molar-refractivity contribution is -0.118. The minimum absolute atomic E-state index is 0.0137. The third-order valence-corrected chi connectivity index (χ3v) is 4.67. The molecule has 3 aromatic carbocycles. The van der Waals surface area contributed by atoms with E-state index in [1.807, 2.05) is 42.5 Å². The van der Waals surface area contributed by atoms with E-state index in [0.29, 0.717) is 19.0 Å². The van der Waals surface area contributed by atoms with Crippen molar-refractivity contribution >= 4 is 17.0 Å². The predicted molar refractivity (Wildman–Crippen MR) is 115 cm³/mol. The molecule has 2 N–H and O–H groups in total. The summed E-state index contributed by atoms with van der Waals surface area (Å²) in [6.07, 6.45) is 0. The van der Waals surface area contributed by atoms with Crippen LogP contribution in [0.5, 0.6) is 0 Å². The molecule has 0 spiro atoms. The van der Waals surface area contributed by atoms with E-state index in [0.717, 1.165) is 39.9 Å². The number of carbonyl (C=O) groups is 1. The topological polar surface area (TPSA) is 67.2 Å². The SMILES string of the molecule is CC(=O)NCCNCc1cccc(-c2nc3ccc(-c4ccccc4)cc3o2)c1. The van der Waals surface area contributed by atoms with Crippen LogP contribution in [0.2, 0.25) is 0 Å². The van der Waals surface area contributed by atoms with Gasteiger partial charge >= 0.3 is 0 Å². The molecule has 0 bridgehead atoms. The smallest absolute Gasteiger partial charge is 0.227 e. The molecule has 0 saturated heterocycles. The third kappa shape index (κ3) is 4.70. The highest BCUT2D eigenvalue weighted by Crippen LogP contribution is 2.28. The molecule has 1 aromatic heterocycles. The summed E-state index contributed by atoms with van der Waals surface area (Å²) in [7, 11) is 0. The van der Waals surface area contributed by atoms with Crippen LogP contribution in [0.4, 0.5) is 0 Å². The van der Waals surface area contributed by atoms with Gasteiger partial charge in [0, 0.05) is 32.1 Å². The van der Waals surface area contributed by atoms with Gasteiger partial charge in [-0.2, -0.15) is 0 Å². The zero-order valence-corrected chi connectivity index (χ0v) is 16.3. The molecule has 1 amide bonds. The molecule has 0 unspecified atom stereocenters. The summed E-state index contributed by atoms with van der Waals surface area (Å²) in [6, 6.07) is 24.5. The van der Waals surface area contributed by atoms with Crippen molar-refractivity contribution in [1.29, 1.82) is 0 Å². The normalized spacial score (nSPS) is 10.9. The van der Waals surface area contributed by atoms with Crippen molar-refractivity contribution in [3.8, 4) is 22.6 Å². The van der Waals surface area contributed by atoms with Crippen LogP contribution in [0.3, 0.4) is 0 Å². The number of benzene rings is 3. The summed E-state index contributed by atoms with van der Waals surface area (Å²) < 4.78 is 6.06. The van der Waals surface area contributed by atoms with Crippen LogP contribution in [0, 0.1) is 0 Å². The maximum Gasteiger partial charge on any atom is 0.227 e. The standard InChI is InChI=1S/C24H23N3O2/c1-17(28)26-13-12-25-16-18-6-5-9-21(14-18)24-27-22-11-10-20(15-23(22)29-24)19-7-3-2-4-8-19/h2-11,14-15,25H,12-13,16H2,1H3,(H,26,28). The molecule has 5 heteroatoms. The van der Waals surface area contributed by atoms with Crippen LogP contribution in [0.25, 0.3) is 33.7 Å². The Morgan fingerprint density at radius 2 is 1.72 bits per heavy atom. The molecule has 0 atom stereocenters. The molecule has 146 valence electrons. The first-order valence-electron chi connectivity index (χ1n) is 9.69. The van der Waals surface area contributed by atoms with Crippen LogP contribution in [0.15, 0.2) is 77.2 Å². The molecule has 29 heavy (non-hydrogen) atoms. The zero-order valence-electron chi connectivity index (χ0n) is 16.3. The molecule has 0 aliphatic rings. The number of nitrogens with one attached hydrogen (secondary N) is 2. The van der Waals surface area contributed by atoms with E-state index < -0.39 is 0 Å². The first-order chi connectivity index (χ1) is 14.2. The number of oxazole rings is 1. The fourth-order valence-corrected chi connectivity index (χ4v) is 3.23. The van der Waals surface area contributed by atoms with Crippen molar-refractivity contribution in [2.45, 2.75) is 13.5 Å². The Morgan fingerprint density at radius 3 is 2.55 bits per heavy atom. The van der Waals surface area contributed by atoms with Gasteiger partial charge in [0.05, 0.1) is 0 Å². The molecule has 0 radical (unpaired) electrons. The number of hydrogen-bond acceptors (Lipinski definition) is 4. The van der Waals surface area contributed by atoms with Gasteiger partial charge < -0.3 is 15.1 Å². The lowest BCUT2D eigenvalue weighted by atomic mass is 10.1. The van der Waals surface area contributed by atoms with E-state index >= 15 is 0 Å².